The van der Waals surface area contributed by atoms with E-state index in [9.17, 15) is 8.78 Å². The summed E-state index contributed by atoms with van der Waals surface area (Å²) in [6.45, 7) is 0. The SMILES string of the molecule is Fc1ccc(-c2ncoc2-c2ccc3nnc(C4CCCC4)n3c2)c(F)c1. The first-order chi connectivity index (χ1) is 13.2. The van der Waals surface area contributed by atoms with E-state index in [0.717, 1.165) is 35.9 Å². The molecular weight excluding hydrogens is 350 g/mol. The zero-order valence-electron chi connectivity index (χ0n) is 14.4. The molecule has 5 nitrogen and oxygen atoms in total. The highest BCUT2D eigenvalue weighted by molar-refractivity contribution is 5.77. The lowest BCUT2D eigenvalue weighted by atomic mass is 10.1. The summed E-state index contributed by atoms with van der Waals surface area (Å²) in [5.74, 6) is 0.460. The van der Waals surface area contributed by atoms with Gasteiger partial charge in [0.15, 0.2) is 17.8 Å². The van der Waals surface area contributed by atoms with Crippen molar-refractivity contribution in [1.82, 2.24) is 19.6 Å². The Morgan fingerprint density at radius 2 is 1.89 bits per heavy atom. The van der Waals surface area contributed by atoms with Crippen molar-refractivity contribution in [3.8, 4) is 22.6 Å². The van der Waals surface area contributed by atoms with Crippen LogP contribution in [0.5, 0.6) is 0 Å². The minimum atomic E-state index is -0.679. The molecule has 3 heterocycles. The second kappa shape index (κ2) is 6.26. The van der Waals surface area contributed by atoms with Crippen molar-refractivity contribution in [3.63, 3.8) is 0 Å². The molecule has 0 amide bonds. The Kier molecular flexibility index (Phi) is 3.74. The third-order valence-corrected chi connectivity index (χ3v) is 5.16. The predicted molar refractivity (Wildman–Crippen MR) is 95.0 cm³/mol. The number of benzene rings is 1. The van der Waals surface area contributed by atoms with E-state index < -0.39 is 11.6 Å². The standard InChI is InChI=1S/C20H16F2N4O/c21-14-6-7-15(16(22)9-14)18-19(27-11-23-18)13-5-8-17-24-25-20(26(17)10-13)12-3-1-2-4-12/h5-12H,1-4H2. The van der Waals surface area contributed by atoms with Gasteiger partial charge in [0.05, 0.1) is 0 Å². The van der Waals surface area contributed by atoms with Crippen LogP contribution in [0.25, 0.3) is 28.2 Å². The third-order valence-electron chi connectivity index (χ3n) is 5.16. The van der Waals surface area contributed by atoms with E-state index in [-0.39, 0.29) is 5.56 Å². The molecule has 0 radical (unpaired) electrons. The van der Waals surface area contributed by atoms with Crippen molar-refractivity contribution >= 4 is 5.65 Å². The van der Waals surface area contributed by atoms with E-state index in [0.29, 0.717) is 17.4 Å². The first kappa shape index (κ1) is 16.1. The van der Waals surface area contributed by atoms with Gasteiger partial charge in [-0.1, -0.05) is 12.8 Å². The molecule has 0 unspecified atom stereocenters. The summed E-state index contributed by atoms with van der Waals surface area (Å²) in [5, 5.41) is 8.62. The van der Waals surface area contributed by atoms with Gasteiger partial charge in [0.1, 0.15) is 23.2 Å². The molecule has 0 N–H and O–H groups in total. The van der Waals surface area contributed by atoms with Crippen LogP contribution in [0.3, 0.4) is 0 Å². The molecule has 1 aliphatic carbocycles. The van der Waals surface area contributed by atoms with Gasteiger partial charge in [-0.3, -0.25) is 4.40 Å². The number of oxazole rings is 1. The predicted octanol–water partition coefficient (Wildman–Crippen LogP) is 4.99. The van der Waals surface area contributed by atoms with E-state index in [1.54, 1.807) is 0 Å². The van der Waals surface area contributed by atoms with Crippen LogP contribution in [0.15, 0.2) is 47.3 Å². The molecule has 0 aliphatic heterocycles. The second-order valence-corrected chi connectivity index (χ2v) is 6.84. The lowest BCUT2D eigenvalue weighted by Gasteiger charge is -2.08. The maximum Gasteiger partial charge on any atom is 0.182 e. The Balaban J connectivity index is 1.62. The largest absolute Gasteiger partial charge is 0.443 e. The van der Waals surface area contributed by atoms with Crippen molar-refractivity contribution in [2.24, 2.45) is 0 Å². The Hall–Kier alpha value is -3.09. The number of hydrogen-bond donors (Lipinski definition) is 0. The third kappa shape index (κ3) is 2.70. The van der Waals surface area contributed by atoms with E-state index in [4.69, 9.17) is 4.42 Å². The minimum Gasteiger partial charge on any atom is -0.443 e. The quantitative estimate of drug-likeness (QED) is 0.513. The number of hydrogen-bond acceptors (Lipinski definition) is 4. The molecule has 1 fully saturated rings. The highest BCUT2D eigenvalue weighted by Crippen LogP contribution is 2.35. The number of aromatic nitrogens is 4. The van der Waals surface area contributed by atoms with Gasteiger partial charge in [0, 0.05) is 29.3 Å². The number of nitrogens with zero attached hydrogens (tertiary/aromatic N) is 4. The maximum atomic E-state index is 14.2. The van der Waals surface area contributed by atoms with Gasteiger partial charge in [-0.25, -0.2) is 13.8 Å². The van der Waals surface area contributed by atoms with Crippen LogP contribution >= 0.6 is 0 Å². The summed E-state index contributed by atoms with van der Waals surface area (Å²) >= 11 is 0. The normalized spacial score (nSPS) is 15.0. The molecule has 0 atom stereocenters. The molecule has 7 heteroatoms. The summed E-state index contributed by atoms with van der Waals surface area (Å²) in [5.41, 5.74) is 2.02. The van der Waals surface area contributed by atoms with E-state index in [1.807, 2.05) is 22.7 Å². The van der Waals surface area contributed by atoms with Gasteiger partial charge >= 0.3 is 0 Å². The van der Waals surface area contributed by atoms with Gasteiger partial charge in [-0.2, -0.15) is 0 Å². The molecule has 27 heavy (non-hydrogen) atoms. The van der Waals surface area contributed by atoms with Crippen LogP contribution in [0.2, 0.25) is 0 Å². The van der Waals surface area contributed by atoms with Crippen LogP contribution in [0.4, 0.5) is 8.78 Å². The first-order valence-corrected chi connectivity index (χ1v) is 8.94. The van der Waals surface area contributed by atoms with Crippen LogP contribution in [0.1, 0.15) is 37.4 Å². The number of fused-ring (bicyclic) bond motifs is 1. The summed E-state index contributed by atoms with van der Waals surface area (Å²) in [4.78, 5) is 4.15. The molecule has 1 aromatic carbocycles. The van der Waals surface area contributed by atoms with Crippen molar-refractivity contribution in [2.45, 2.75) is 31.6 Å². The van der Waals surface area contributed by atoms with Crippen molar-refractivity contribution in [3.05, 3.63) is 60.4 Å². The Morgan fingerprint density at radius 1 is 1.04 bits per heavy atom. The van der Waals surface area contributed by atoms with E-state index >= 15 is 0 Å². The Bertz CT molecular complexity index is 1130. The number of rotatable bonds is 3. The minimum absolute atomic E-state index is 0.194. The summed E-state index contributed by atoms with van der Waals surface area (Å²) in [6.07, 6.45) is 7.79. The van der Waals surface area contributed by atoms with Gasteiger partial charge < -0.3 is 4.42 Å². The molecule has 136 valence electrons. The summed E-state index contributed by atoms with van der Waals surface area (Å²) in [7, 11) is 0. The molecule has 5 rings (SSSR count). The molecule has 0 bridgehead atoms. The van der Waals surface area contributed by atoms with Gasteiger partial charge in [-0.15, -0.1) is 10.2 Å². The van der Waals surface area contributed by atoms with Crippen LogP contribution in [0, 0.1) is 11.6 Å². The smallest absolute Gasteiger partial charge is 0.182 e. The molecule has 3 aromatic heterocycles. The first-order valence-electron chi connectivity index (χ1n) is 8.94. The second-order valence-electron chi connectivity index (χ2n) is 6.84. The monoisotopic (exact) mass is 366 g/mol. The van der Waals surface area contributed by atoms with Crippen LogP contribution < -0.4 is 0 Å². The zero-order chi connectivity index (χ0) is 18.4. The van der Waals surface area contributed by atoms with Crippen LogP contribution in [-0.4, -0.2) is 19.6 Å². The molecule has 0 saturated heterocycles. The Morgan fingerprint density at radius 3 is 2.70 bits per heavy atom. The fourth-order valence-corrected chi connectivity index (χ4v) is 3.83. The van der Waals surface area contributed by atoms with Gasteiger partial charge in [0.25, 0.3) is 0 Å². The van der Waals surface area contributed by atoms with Gasteiger partial charge in [-0.05, 0) is 37.1 Å². The Labute approximate surface area is 153 Å². The highest BCUT2D eigenvalue weighted by Gasteiger charge is 2.23. The van der Waals surface area contributed by atoms with Crippen molar-refractivity contribution in [1.29, 1.82) is 0 Å². The molecule has 4 aromatic rings. The molecule has 1 aliphatic rings. The average molecular weight is 366 g/mol. The lowest BCUT2D eigenvalue weighted by molar-refractivity contribution is 0.571. The summed E-state index contributed by atoms with van der Waals surface area (Å²) in [6, 6.07) is 7.11. The number of halogens is 2. The molecule has 1 saturated carbocycles. The van der Waals surface area contributed by atoms with Crippen LogP contribution in [-0.2, 0) is 0 Å². The van der Waals surface area contributed by atoms with Crippen molar-refractivity contribution < 1.29 is 13.2 Å². The molecular formula is C20H16F2N4O. The summed E-state index contributed by atoms with van der Waals surface area (Å²) < 4.78 is 35.0. The lowest BCUT2D eigenvalue weighted by Crippen LogP contribution is -2.00. The topological polar surface area (TPSA) is 56.2 Å². The highest BCUT2D eigenvalue weighted by atomic mass is 19.1. The van der Waals surface area contributed by atoms with E-state index in [1.165, 1.54) is 31.4 Å². The van der Waals surface area contributed by atoms with E-state index in [2.05, 4.69) is 15.2 Å². The maximum absolute atomic E-state index is 14.2. The molecule has 0 spiro atoms. The number of pyridine rings is 1. The van der Waals surface area contributed by atoms with Gasteiger partial charge in [0.2, 0.25) is 0 Å². The average Bonchev–Trinajstić information content (AvgIpc) is 3.41. The fourth-order valence-electron chi connectivity index (χ4n) is 3.83. The van der Waals surface area contributed by atoms with Crippen molar-refractivity contribution in [2.75, 3.05) is 0 Å². The fraction of sp³-hybridized carbons (Fsp3) is 0.250. The zero-order valence-corrected chi connectivity index (χ0v) is 14.4.